The zero-order valence-electron chi connectivity index (χ0n) is 11.2. The van der Waals surface area contributed by atoms with Gasteiger partial charge in [0.1, 0.15) is 0 Å². The van der Waals surface area contributed by atoms with Crippen molar-refractivity contribution in [2.24, 2.45) is 0 Å². The van der Waals surface area contributed by atoms with Crippen molar-refractivity contribution in [3.63, 3.8) is 0 Å². The highest BCUT2D eigenvalue weighted by molar-refractivity contribution is 7.12. The third-order valence-corrected chi connectivity index (χ3v) is 4.38. The minimum atomic E-state index is -0.0407. The molecule has 0 radical (unpaired) electrons. The van der Waals surface area contributed by atoms with Gasteiger partial charge in [0.05, 0.1) is 5.56 Å². The van der Waals surface area contributed by atoms with E-state index in [1.54, 1.807) is 35.6 Å². The van der Waals surface area contributed by atoms with Crippen LogP contribution in [0.3, 0.4) is 0 Å². The van der Waals surface area contributed by atoms with Gasteiger partial charge in [-0.25, -0.2) is 0 Å². The Bertz CT molecular complexity index is 601. The van der Waals surface area contributed by atoms with E-state index in [1.165, 1.54) is 4.88 Å². The largest absolute Gasteiger partial charge is 0.322 e. The van der Waals surface area contributed by atoms with Gasteiger partial charge in [-0.05, 0) is 50.1 Å². The number of carbonyl (C=O) groups excluding carboxylic acids is 1. The number of benzene rings is 1. The van der Waals surface area contributed by atoms with E-state index in [1.807, 2.05) is 6.92 Å². The van der Waals surface area contributed by atoms with Gasteiger partial charge in [0.25, 0.3) is 5.91 Å². The fourth-order valence-electron chi connectivity index (χ4n) is 2.18. The molecule has 0 bridgehead atoms. The Balaban J connectivity index is 2.27. The lowest BCUT2D eigenvalue weighted by Gasteiger charge is -2.07. The molecule has 100 valence electrons. The lowest BCUT2D eigenvalue weighted by Crippen LogP contribution is -2.14. The van der Waals surface area contributed by atoms with Gasteiger partial charge < -0.3 is 5.32 Å². The van der Waals surface area contributed by atoms with Gasteiger partial charge >= 0.3 is 0 Å². The molecule has 0 atom stereocenters. The van der Waals surface area contributed by atoms with E-state index in [-0.39, 0.29) is 5.91 Å². The Morgan fingerprint density at radius 3 is 2.42 bits per heavy atom. The van der Waals surface area contributed by atoms with Crippen LogP contribution in [0.5, 0.6) is 0 Å². The summed E-state index contributed by atoms with van der Waals surface area (Å²) in [6.45, 7) is 6.14. The summed E-state index contributed by atoms with van der Waals surface area (Å²) in [5.74, 6) is -0.0407. The average Bonchev–Trinajstić information content (AvgIpc) is 2.66. The van der Waals surface area contributed by atoms with Crippen molar-refractivity contribution in [1.82, 2.24) is 0 Å². The molecule has 0 unspecified atom stereocenters. The number of halogens is 1. The molecule has 4 heteroatoms. The van der Waals surface area contributed by atoms with Gasteiger partial charge in [0.2, 0.25) is 0 Å². The van der Waals surface area contributed by atoms with Crippen molar-refractivity contribution in [2.75, 3.05) is 5.32 Å². The number of amides is 1. The summed E-state index contributed by atoms with van der Waals surface area (Å²) >= 11 is 7.51. The maximum absolute atomic E-state index is 12.4. The molecule has 1 N–H and O–H groups in total. The first kappa shape index (κ1) is 14.1. The summed E-state index contributed by atoms with van der Waals surface area (Å²) in [7, 11) is 0. The van der Waals surface area contributed by atoms with Crippen LogP contribution >= 0.6 is 22.9 Å². The first-order valence-corrected chi connectivity index (χ1v) is 7.38. The van der Waals surface area contributed by atoms with E-state index < -0.39 is 0 Å². The predicted octanol–water partition coefficient (Wildman–Crippen LogP) is 4.83. The van der Waals surface area contributed by atoms with Crippen molar-refractivity contribution in [2.45, 2.75) is 27.2 Å². The number of anilines is 1. The monoisotopic (exact) mass is 293 g/mol. The van der Waals surface area contributed by atoms with Crippen LogP contribution in [0.15, 0.2) is 24.3 Å². The van der Waals surface area contributed by atoms with E-state index in [0.29, 0.717) is 5.02 Å². The molecule has 0 aliphatic heterocycles. The van der Waals surface area contributed by atoms with E-state index >= 15 is 0 Å². The Labute approximate surface area is 122 Å². The zero-order chi connectivity index (χ0) is 14.0. The van der Waals surface area contributed by atoms with Crippen LogP contribution in [0.4, 0.5) is 5.69 Å². The van der Waals surface area contributed by atoms with Gasteiger partial charge in [-0.1, -0.05) is 18.5 Å². The topological polar surface area (TPSA) is 29.1 Å². The first-order valence-electron chi connectivity index (χ1n) is 6.18. The number of nitrogens with one attached hydrogen (secondary N) is 1. The normalized spacial score (nSPS) is 10.5. The van der Waals surface area contributed by atoms with Crippen LogP contribution < -0.4 is 5.32 Å². The fraction of sp³-hybridized carbons (Fsp3) is 0.267. The maximum atomic E-state index is 12.4. The third-order valence-electron chi connectivity index (χ3n) is 3.07. The van der Waals surface area contributed by atoms with Gasteiger partial charge in [0, 0.05) is 20.5 Å². The summed E-state index contributed by atoms with van der Waals surface area (Å²) in [6, 6.07) is 7.15. The molecule has 0 aliphatic carbocycles. The molecule has 1 aromatic heterocycles. The van der Waals surface area contributed by atoms with Gasteiger partial charge in [-0.3, -0.25) is 4.79 Å². The minimum Gasteiger partial charge on any atom is -0.322 e. The Morgan fingerprint density at radius 2 is 1.84 bits per heavy atom. The lowest BCUT2D eigenvalue weighted by molar-refractivity contribution is 0.102. The number of hydrogen-bond donors (Lipinski definition) is 1. The van der Waals surface area contributed by atoms with E-state index in [2.05, 4.69) is 19.2 Å². The molecule has 2 aromatic rings. The summed E-state index contributed by atoms with van der Waals surface area (Å²) in [5, 5.41) is 3.59. The molecule has 0 aliphatic rings. The van der Waals surface area contributed by atoms with Crippen LogP contribution in [0.2, 0.25) is 5.02 Å². The summed E-state index contributed by atoms with van der Waals surface area (Å²) < 4.78 is 0. The van der Waals surface area contributed by atoms with E-state index in [9.17, 15) is 4.79 Å². The Kier molecular flexibility index (Phi) is 4.27. The summed E-state index contributed by atoms with van der Waals surface area (Å²) in [6.07, 6.45) is 0.875. The van der Waals surface area contributed by atoms with E-state index in [4.69, 9.17) is 11.6 Å². The first-order chi connectivity index (χ1) is 9.02. The maximum Gasteiger partial charge on any atom is 0.257 e. The summed E-state index contributed by atoms with van der Waals surface area (Å²) in [5.41, 5.74) is 2.73. The van der Waals surface area contributed by atoms with Crippen LogP contribution in [0.1, 0.15) is 32.6 Å². The number of hydrogen-bond acceptors (Lipinski definition) is 2. The molecule has 1 amide bonds. The third kappa shape index (κ3) is 2.99. The minimum absolute atomic E-state index is 0.0407. The number of thiophene rings is 1. The van der Waals surface area contributed by atoms with Crippen LogP contribution in [-0.4, -0.2) is 5.91 Å². The molecule has 2 nitrogen and oxygen atoms in total. The standard InChI is InChI=1S/C15H16ClNOS/c1-4-13-9(2)19-10(3)14(13)15(18)17-12-7-5-11(16)6-8-12/h5-8H,4H2,1-3H3,(H,17,18). The van der Waals surface area contributed by atoms with Gasteiger partial charge in [-0.15, -0.1) is 11.3 Å². The van der Waals surface area contributed by atoms with Crippen LogP contribution in [0, 0.1) is 13.8 Å². The molecule has 0 fully saturated rings. The zero-order valence-corrected chi connectivity index (χ0v) is 12.8. The molecular weight excluding hydrogens is 278 g/mol. The SMILES string of the molecule is CCc1c(C)sc(C)c1C(=O)Nc1ccc(Cl)cc1. The molecule has 0 saturated carbocycles. The van der Waals surface area contributed by atoms with Crippen LogP contribution in [-0.2, 0) is 6.42 Å². The van der Waals surface area contributed by atoms with Crippen molar-refractivity contribution >= 4 is 34.5 Å². The lowest BCUT2D eigenvalue weighted by atomic mass is 10.1. The fourth-order valence-corrected chi connectivity index (χ4v) is 3.45. The number of aryl methyl sites for hydroxylation is 2. The van der Waals surface area contributed by atoms with Crippen LogP contribution in [0.25, 0.3) is 0 Å². The highest BCUT2D eigenvalue weighted by Crippen LogP contribution is 2.28. The number of carbonyl (C=O) groups is 1. The Hall–Kier alpha value is -1.32. The van der Waals surface area contributed by atoms with E-state index in [0.717, 1.165) is 28.1 Å². The summed E-state index contributed by atoms with van der Waals surface area (Å²) in [4.78, 5) is 14.7. The molecule has 1 heterocycles. The second-order valence-electron chi connectivity index (χ2n) is 4.38. The average molecular weight is 294 g/mol. The molecule has 0 saturated heterocycles. The molecule has 0 spiro atoms. The van der Waals surface area contributed by atoms with Crippen molar-refractivity contribution < 1.29 is 4.79 Å². The quantitative estimate of drug-likeness (QED) is 0.862. The predicted molar refractivity (Wildman–Crippen MR) is 82.6 cm³/mol. The van der Waals surface area contributed by atoms with Gasteiger partial charge in [0.15, 0.2) is 0 Å². The second-order valence-corrected chi connectivity index (χ2v) is 6.25. The molecule has 2 rings (SSSR count). The number of rotatable bonds is 3. The van der Waals surface area contributed by atoms with Gasteiger partial charge in [-0.2, -0.15) is 0 Å². The second kappa shape index (κ2) is 5.76. The smallest absolute Gasteiger partial charge is 0.257 e. The molecular formula is C15H16ClNOS. The van der Waals surface area contributed by atoms with Crippen molar-refractivity contribution in [1.29, 1.82) is 0 Å². The van der Waals surface area contributed by atoms with Crippen molar-refractivity contribution in [3.05, 3.63) is 50.2 Å². The highest BCUT2D eigenvalue weighted by Gasteiger charge is 2.18. The molecule has 1 aromatic carbocycles. The van der Waals surface area contributed by atoms with Crippen molar-refractivity contribution in [3.8, 4) is 0 Å². The highest BCUT2D eigenvalue weighted by atomic mass is 35.5. The molecule has 19 heavy (non-hydrogen) atoms. The Morgan fingerprint density at radius 1 is 1.21 bits per heavy atom.